The predicted molar refractivity (Wildman–Crippen MR) is 78.7 cm³/mol. The van der Waals surface area contributed by atoms with Gasteiger partial charge in [0.2, 0.25) is 0 Å². The Morgan fingerprint density at radius 3 is 2.68 bits per heavy atom. The van der Waals surface area contributed by atoms with Crippen LogP contribution in [-0.4, -0.2) is 9.78 Å². The van der Waals surface area contributed by atoms with Crippen LogP contribution in [-0.2, 0) is 0 Å². The molecule has 0 saturated heterocycles. The molecule has 0 aliphatic heterocycles. The minimum atomic E-state index is 0.561. The fraction of sp³-hybridized carbons (Fsp3) is 0.438. The molecule has 1 aromatic carbocycles. The molecule has 19 heavy (non-hydrogen) atoms. The second kappa shape index (κ2) is 4.72. The smallest absolute Gasteiger partial charge is 0.0889 e. The molecule has 100 valence electrons. The summed E-state index contributed by atoms with van der Waals surface area (Å²) in [5.41, 5.74) is 11.7. The lowest BCUT2D eigenvalue weighted by atomic mass is 10.0. The van der Waals surface area contributed by atoms with Crippen LogP contribution in [0.2, 0.25) is 0 Å². The van der Waals surface area contributed by atoms with Gasteiger partial charge in [-0.3, -0.25) is 0 Å². The van der Waals surface area contributed by atoms with Gasteiger partial charge in [0.1, 0.15) is 0 Å². The van der Waals surface area contributed by atoms with Crippen molar-refractivity contribution in [2.24, 2.45) is 0 Å². The molecule has 3 rings (SSSR count). The lowest BCUT2D eigenvalue weighted by Gasteiger charge is -2.08. The van der Waals surface area contributed by atoms with Crippen molar-refractivity contribution in [3.8, 4) is 5.69 Å². The van der Waals surface area contributed by atoms with E-state index < -0.39 is 0 Å². The van der Waals surface area contributed by atoms with Crippen LogP contribution < -0.4 is 5.73 Å². The van der Waals surface area contributed by atoms with Gasteiger partial charge >= 0.3 is 0 Å². The molecular formula is C16H21N3. The van der Waals surface area contributed by atoms with E-state index in [0.717, 1.165) is 17.1 Å². The molecule has 0 bridgehead atoms. The zero-order chi connectivity index (χ0) is 13.4. The quantitative estimate of drug-likeness (QED) is 0.888. The summed E-state index contributed by atoms with van der Waals surface area (Å²) in [6, 6.07) is 6.43. The third-order valence-electron chi connectivity index (χ3n) is 4.13. The Labute approximate surface area is 114 Å². The largest absolute Gasteiger partial charge is 0.396 e. The van der Waals surface area contributed by atoms with Crippen molar-refractivity contribution in [3.63, 3.8) is 0 Å². The number of nitrogens with zero attached hydrogens (tertiary/aromatic N) is 2. The van der Waals surface area contributed by atoms with Crippen molar-refractivity contribution in [1.29, 1.82) is 0 Å². The van der Waals surface area contributed by atoms with Crippen molar-refractivity contribution in [1.82, 2.24) is 9.78 Å². The molecule has 2 aromatic rings. The summed E-state index contributed by atoms with van der Waals surface area (Å²) in [5, 5.41) is 4.76. The molecule has 3 heteroatoms. The molecule has 0 unspecified atom stereocenters. The fourth-order valence-corrected chi connectivity index (χ4v) is 3.01. The van der Waals surface area contributed by atoms with Crippen molar-refractivity contribution < 1.29 is 0 Å². The molecule has 1 fully saturated rings. The summed E-state index contributed by atoms with van der Waals surface area (Å²) >= 11 is 0. The van der Waals surface area contributed by atoms with Gasteiger partial charge in [-0.05, 0) is 43.9 Å². The van der Waals surface area contributed by atoms with E-state index in [1.807, 2.05) is 10.9 Å². The van der Waals surface area contributed by atoms with Crippen LogP contribution in [0.25, 0.3) is 5.69 Å². The summed E-state index contributed by atoms with van der Waals surface area (Å²) in [6.45, 7) is 4.22. The highest BCUT2D eigenvalue weighted by Gasteiger charge is 2.22. The van der Waals surface area contributed by atoms with E-state index in [4.69, 9.17) is 10.8 Å². The minimum Gasteiger partial charge on any atom is -0.396 e. The summed E-state index contributed by atoms with van der Waals surface area (Å²) in [5.74, 6) is 0.561. The standard InChI is InChI=1S/C16H21N3/c1-11-7-8-12(2)15(9-11)19-10-14(17)16(18-19)13-5-3-4-6-13/h7-10,13H,3-6,17H2,1-2H3. The number of nitrogens with two attached hydrogens (primary N) is 1. The van der Waals surface area contributed by atoms with Gasteiger partial charge in [0, 0.05) is 5.92 Å². The van der Waals surface area contributed by atoms with Gasteiger partial charge in [-0.15, -0.1) is 0 Å². The van der Waals surface area contributed by atoms with Crippen LogP contribution in [0.5, 0.6) is 0 Å². The Bertz CT molecular complexity index is 592. The highest BCUT2D eigenvalue weighted by molar-refractivity contribution is 5.49. The minimum absolute atomic E-state index is 0.561. The molecule has 0 amide bonds. The van der Waals surface area contributed by atoms with E-state index >= 15 is 0 Å². The molecule has 1 heterocycles. The number of rotatable bonds is 2. The molecule has 1 aliphatic rings. The van der Waals surface area contributed by atoms with E-state index in [2.05, 4.69) is 32.0 Å². The van der Waals surface area contributed by atoms with Crippen molar-refractivity contribution in [2.75, 3.05) is 5.73 Å². The number of aromatic nitrogens is 2. The van der Waals surface area contributed by atoms with E-state index in [-0.39, 0.29) is 0 Å². The second-order valence-electron chi connectivity index (χ2n) is 5.69. The average molecular weight is 255 g/mol. The molecule has 2 N–H and O–H groups in total. The van der Waals surface area contributed by atoms with Crippen molar-refractivity contribution in [2.45, 2.75) is 45.4 Å². The van der Waals surface area contributed by atoms with Crippen LogP contribution in [0, 0.1) is 13.8 Å². The zero-order valence-electron chi connectivity index (χ0n) is 11.7. The van der Waals surface area contributed by atoms with Gasteiger partial charge < -0.3 is 5.73 Å². The number of hydrogen-bond acceptors (Lipinski definition) is 2. The van der Waals surface area contributed by atoms with Crippen LogP contribution in [0.15, 0.2) is 24.4 Å². The fourth-order valence-electron chi connectivity index (χ4n) is 3.01. The Hall–Kier alpha value is -1.77. The van der Waals surface area contributed by atoms with Gasteiger partial charge in [-0.1, -0.05) is 25.0 Å². The van der Waals surface area contributed by atoms with Crippen LogP contribution in [0.3, 0.4) is 0 Å². The second-order valence-corrected chi connectivity index (χ2v) is 5.69. The van der Waals surface area contributed by atoms with Crippen LogP contribution in [0.4, 0.5) is 5.69 Å². The highest BCUT2D eigenvalue weighted by atomic mass is 15.3. The molecule has 0 spiro atoms. The third-order valence-corrected chi connectivity index (χ3v) is 4.13. The van der Waals surface area contributed by atoms with E-state index in [9.17, 15) is 0 Å². The summed E-state index contributed by atoms with van der Waals surface area (Å²) in [4.78, 5) is 0. The Kier molecular flexibility index (Phi) is 3.05. The molecule has 0 radical (unpaired) electrons. The first-order valence-electron chi connectivity index (χ1n) is 7.08. The number of nitrogen functional groups attached to an aromatic ring is 1. The first-order chi connectivity index (χ1) is 9.15. The SMILES string of the molecule is Cc1ccc(C)c(-n2cc(N)c(C3CCCC3)n2)c1. The normalized spacial score (nSPS) is 16.1. The third kappa shape index (κ3) is 2.25. The van der Waals surface area contributed by atoms with Gasteiger partial charge in [-0.2, -0.15) is 5.10 Å². The monoisotopic (exact) mass is 255 g/mol. The topological polar surface area (TPSA) is 43.8 Å². The average Bonchev–Trinajstić information content (AvgIpc) is 3.01. The van der Waals surface area contributed by atoms with Crippen molar-refractivity contribution in [3.05, 3.63) is 41.2 Å². The van der Waals surface area contributed by atoms with Crippen molar-refractivity contribution >= 4 is 5.69 Å². The van der Waals surface area contributed by atoms with Gasteiger partial charge in [0.25, 0.3) is 0 Å². The molecule has 1 aliphatic carbocycles. The van der Waals surface area contributed by atoms with Gasteiger partial charge in [0.05, 0.1) is 23.3 Å². The Balaban J connectivity index is 2.01. The highest BCUT2D eigenvalue weighted by Crippen LogP contribution is 2.36. The lowest BCUT2D eigenvalue weighted by Crippen LogP contribution is -2.01. The maximum atomic E-state index is 6.16. The molecular weight excluding hydrogens is 234 g/mol. The summed E-state index contributed by atoms with van der Waals surface area (Å²) in [6.07, 6.45) is 7.04. The molecule has 3 nitrogen and oxygen atoms in total. The first kappa shape index (κ1) is 12.3. The van der Waals surface area contributed by atoms with Gasteiger partial charge in [-0.25, -0.2) is 4.68 Å². The lowest BCUT2D eigenvalue weighted by molar-refractivity contribution is 0.679. The molecule has 1 saturated carbocycles. The first-order valence-corrected chi connectivity index (χ1v) is 7.08. The number of hydrogen-bond donors (Lipinski definition) is 1. The molecule has 1 aromatic heterocycles. The zero-order valence-corrected chi connectivity index (χ0v) is 11.7. The van der Waals surface area contributed by atoms with Crippen LogP contribution in [0.1, 0.15) is 48.4 Å². The van der Waals surface area contributed by atoms with Gasteiger partial charge in [0.15, 0.2) is 0 Å². The number of benzene rings is 1. The maximum absolute atomic E-state index is 6.16. The number of anilines is 1. The summed E-state index contributed by atoms with van der Waals surface area (Å²) < 4.78 is 1.95. The van der Waals surface area contributed by atoms with E-state index in [1.54, 1.807) is 0 Å². The Morgan fingerprint density at radius 2 is 1.95 bits per heavy atom. The summed E-state index contributed by atoms with van der Waals surface area (Å²) in [7, 11) is 0. The Morgan fingerprint density at radius 1 is 1.21 bits per heavy atom. The maximum Gasteiger partial charge on any atom is 0.0889 e. The number of aryl methyl sites for hydroxylation is 2. The van der Waals surface area contributed by atoms with E-state index in [0.29, 0.717) is 5.92 Å². The predicted octanol–water partition coefficient (Wildman–Crippen LogP) is 3.73. The molecule has 0 atom stereocenters. The van der Waals surface area contributed by atoms with Crippen LogP contribution >= 0.6 is 0 Å². The van der Waals surface area contributed by atoms with E-state index in [1.165, 1.54) is 36.8 Å².